The fourth-order valence-electron chi connectivity index (χ4n) is 10.4. The highest BCUT2D eigenvalue weighted by molar-refractivity contribution is 7.02. The van der Waals surface area contributed by atoms with E-state index in [4.69, 9.17) is 0 Å². The molecule has 0 saturated heterocycles. The molecule has 238 valence electrons. The van der Waals surface area contributed by atoms with Crippen molar-refractivity contribution in [3.05, 3.63) is 158 Å². The van der Waals surface area contributed by atoms with Gasteiger partial charge in [-0.1, -0.05) is 97.1 Å². The van der Waals surface area contributed by atoms with Gasteiger partial charge in [-0.25, -0.2) is 0 Å². The lowest BCUT2D eigenvalue weighted by Gasteiger charge is -2.32. The third kappa shape index (κ3) is 2.73. The SMILES string of the molecule is c1ccc2c(c1)c1c3n(c4ccccc4n23)-c2cc(-n3c4ccccc4c4ccccc43)cc3c2B1c1c2ccccc2n2c4ccccc4n-3c12. The maximum absolute atomic E-state index is 2.57. The molecule has 0 spiro atoms. The Morgan fingerprint density at radius 3 is 1.13 bits per heavy atom. The van der Waals surface area contributed by atoms with Crippen molar-refractivity contribution in [2.24, 2.45) is 0 Å². The van der Waals surface area contributed by atoms with Gasteiger partial charge in [0.15, 0.2) is 0 Å². The smallest absolute Gasteiger partial charge is 0.258 e. The van der Waals surface area contributed by atoms with Crippen LogP contribution < -0.4 is 16.4 Å². The first-order valence-electron chi connectivity index (χ1n) is 18.1. The van der Waals surface area contributed by atoms with Crippen LogP contribution in [0, 0.1) is 0 Å². The number of benzene rings is 7. The Kier molecular flexibility index (Phi) is 4.34. The Bertz CT molecular complexity index is 3370. The minimum absolute atomic E-state index is 0.0376. The molecule has 0 saturated carbocycles. The molecule has 2 aliphatic heterocycles. The van der Waals surface area contributed by atoms with E-state index in [0.717, 1.165) is 5.69 Å². The fourth-order valence-corrected chi connectivity index (χ4v) is 10.4. The first kappa shape index (κ1) is 26.0. The molecule has 14 rings (SSSR count). The van der Waals surface area contributed by atoms with Gasteiger partial charge in [-0.2, -0.15) is 0 Å². The average molecular weight is 660 g/mol. The lowest BCUT2D eigenvalue weighted by Crippen LogP contribution is -2.59. The summed E-state index contributed by atoms with van der Waals surface area (Å²) in [5, 5.41) is 5.17. The Balaban J connectivity index is 1.28. The molecule has 0 bridgehead atoms. The van der Waals surface area contributed by atoms with Gasteiger partial charge < -0.3 is 4.57 Å². The fraction of sp³-hybridized carbons (Fsp3) is 0. The number of nitrogens with zero attached hydrogens (tertiary/aromatic N) is 5. The maximum Gasteiger partial charge on any atom is 0.258 e. The van der Waals surface area contributed by atoms with Crippen LogP contribution in [0.3, 0.4) is 0 Å². The van der Waals surface area contributed by atoms with Crippen LogP contribution in [0.1, 0.15) is 0 Å². The molecule has 5 nitrogen and oxygen atoms in total. The van der Waals surface area contributed by atoms with Crippen LogP contribution in [-0.4, -0.2) is 29.2 Å². The van der Waals surface area contributed by atoms with Crippen molar-refractivity contribution in [2.75, 3.05) is 0 Å². The molecule has 0 amide bonds. The number of fused-ring (bicyclic) bond motifs is 19. The lowest BCUT2D eigenvalue weighted by atomic mass is 9.34. The van der Waals surface area contributed by atoms with E-state index >= 15 is 0 Å². The van der Waals surface area contributed by atoms with E-state index in [-0.39, 0.29) is 6.71 Å². The molecule has 12 aromatic rings. The number of hydrogen-bond donors (Lipinski definition) is 0. The number of aromatic nitrogens is 5. The first-order valence-corrected chi connectivity index (χ1v) is 18.1. The molecule has 7 aromatic carbocycles. The van der Waals surface area contributed by atoms with Crippen molar-refractivity contribution >= 4 is 100 Å². The monoisotopic (exact) mass is 659 g/mol. The molecule has 7 heterocycles. The van der Waals surface area contributed by atoms with Crippen molar-refractivity contribution in [1.29, 1.82) is 0 Å². The van der Waals surface area contributed by atoms with Crippen LogP contribution in [-0.2, 0) is 0 Å². The average Bonchev–Trinajstić information content (AvgIpc) is 3.99. The molecule has 0 fully saturated rings. The van der Waals surface area contributed by atoms with Gasteiger partial charge in [0.25, 0.3) is 6.71 Å². The second-order valence-corrected chi connectivity index (χ2v) is 14.5. The summed E-state index contributed by atoms with van der Waals surface area (Å²) >= 11 is 0. The van der Waals surface area contributed by atoms with E-state index < -0.39 is 0 Å². The molecule has 2 aliphatic rings. The van der Waals surface area contributed by atoms with Crippen LogP contribution >= 0.6 is 0 Å². The molecule has 0 aliphatic carbocycles. The van der Waals surface area contributed by atoms with Gasteiger partial charge in [-0.3, -0.25) is 17.9 Å². The molecule has 0 unspecified atom stereocenters. The zero-order valence-corrected chi connectivity index (χ0v) is 27.8. The number of imidazole rings is 2. The van der Waals surface area contributed by atoms with E-state index in [1.807, 2.05) is 0 Å². The van der Waals surface area contributed by atoms with E-state index in [9.17, 15) is 0 Å². The topological polar surface area (TPSA) is 23.6 Å². The lowest BCUT2D eigenvalue weighted by molar-refractivity contribution is 1.09. The highest BCUT2D eigenvalue weighted by atomic mass is 15.2. The third-order valence-electron chi connectivity index (χ3n) is 12.2. The molecular formula is C46H26BN5. The van der Waals surface area contributed by atoms with Gasteiger partial charge >= 0.3 is 0 Å². The molecule has 5 aromatic heterocycles. The quantitative estimate of drug-likeness (QED) is 0.158. The van der Waals surface area contributed by atoms with Crippen LogP contribution in [0.25, 0.3) is 94.0 Å². The molecule has 0 N–H and O–H groups in total. The van der Waals surface area contributed by atoms with Crippen molar-refractivity contribution in [3.8, 4) is 17.1 Å². The minimum Gasteiger partial charge on any atom is -0.309 e. The van der Waals surface area contributed by atoms with Crippen molar-refractivity contribution in [2.45, 2.75) is 0 Å². The van der Waals surface area contributed by atoms with Crippen molar-refractivity contribution in [1.82, 2.24) is 22.5 Å². The highest BCUT2D eigenvalue weighted by Crippen LogP contribution is 2.41. The van der Waals surface area contributed by atoms with Crippen LogP contribution in [0.2, 0.25) is 0 Å². The van der Waals surface area contributed by atoms with Crippen molar-refractivity contribution < 1.29 is 0 Å². The van der Waals surface area contributed by atoms with Crippen LogP contribution in [0.15, 0.2) is 158 Å². The standard InChI is InChI=1S/C46H26BN5/c1-5-17-32-28(13-1)29-14-2-6-18-33(29)48(32)27-25-40-44-41(26-27)52-39-24-12-10-22-37(39)50-35-20-8-4-16-31(35)43(46(50)52)47(44)42-30-15-3-7-19-34(30)49-36-21-9-11-23-38(36)51(40)45(42)49/h1-26H. The molecule has 0 radical (unpaired) electrons. The van der Waals surface area contributed by atoms with E-state index in [2.05, 4.69) is 180 Å². The molecule has 52 heavy (non-hydrogen) atoms. The van der Waals surface area contributed by atoms with E-state index in [1.54, 1.807) is 0 Å². The van der Waals surface area contributed by atoms with Crippen molar-refractivity contribution in [3.63, 3.8) is 0 Å². The Morgan fingerprint density at radius 2 is 0.673 bits per heavy atom. The zero-order chi connectivity index (χ0) is 33.4. The van der Waals surface area contributed by atoms with Gasteiger partial charge in [0.05, 0.1) is 49.8 Å². The summed E-state index contributed by atoms with van der Waals surface area (Å²) in [6.45, 7) is 0.0376. The second kappa shape index (κ2) is 8.68. The predicted octanol–water partition coefficient (Wildman–Crippen LogP) is 8.63. The normalized spacial score (nSPS) is 13.3. The van der Waals surface area contributed by atoms with Crippen LogP contribution in [0.5, 0.6) is 0 Å². The molecule has 6 heteroatoms. The molecule has 0 atom stereocenters. The number of rotatable bonds is 1. The van der Waals surface area contributed by atoms with E-state index in [0.29, 0.717) is 0 Å². The summed E-state index contributed by atoms with van der Waals surface area (Å²) in [5.74, 6) is 0. The summed E-state index contributed by atoms with van der Waals surface area (Å²) in [6, 6.07) is 58.6. The summed E-state index contributed by atoms with van der Waals surface area (Å²) in [6.07, 6.45) is 0. The van der Waals surface area contributed by atoms with Gasteiger partial charge in [-0.05, 0) is 87.8 Å². The first-order chi connectivity index (χ1) is 25.9. The van der Waals surface area contributed by atoms with Crippen LogP contribution in [0.4, 0.5) is 0 Å². The summed E-state index contributed by atoms with van der Waals surface area (Å²) in [4.78, 5) is 0. The van der Waals surface area contributed by atoms with Gasteiger partial charge in [0, 0.05) is 22.1 Å². The zero-order valence-electron chi connectivity index (χ0n) is 27.8. The number of hydrogen-bond acceptors (Lipinski definition) is 0. The summed E-state index contributed by atoms with van der Waals surface area (Å²) < 4.78 is 12.7. The summed E-state index contributed by atoms with van der Waals surface area (Å²) in [7, 11) is 0. The Hall–Kier alpha value is -6.92. The highest BCUT2D eigenvalue weighted by Gasteiger charge is 2.45. The Morgan fingerprint density at radius 1 is 0.308 bits per heavy atom. The Labute approximate surface area is 296 Å². The predicted molar refractivity (Wildman–Crippen MR) is 216 cm³/mol. The molecular weight excluding hydrogens is 633 g/mol. The minimum atomic E-state index is 0.0376. The van der Waals surface area contributed by atoms with Gasteiger partial charge in [0.1, 0.15) is 11.3 Å². The largest absolute Gasteiger partial charge is 0.309 e. The van der Waals surface area contributed by atoms with Gasteiger partial charge in [-0.15, -0.1) is 0 Å². The number of para-hydroxylation sites is 8. The van der Waals surface area contributed by atoms with E-state index in [1.165, 1.54) is 105 Å². The third-order valence-corrected chi connectivity index (χ3v) is 12.2. The van der Waals surface area contributed by atoms with Gasteiger partial charge in [0.2, 0.25) is 0 Å². The summed E-state index contributed by atoms with van der Waals surface area (Å²) in [5.41, 5.74) is 20.2. The second-order valence-electron chi connectivity index (χ2n) is 14.5. The maximum atomic E-state index is 2.57.